The van der Waals surface area contributed by atoms with E-state index in [4.69, 9.17) is 17.3 Å². The molecule has 2 heterocycles. The number of halogens is 1. The van der Waals surface area contributed by atoms with Crippen LogP contribution in [0.25, 0.3) is 0 Å². The number of carbonyl (C=O) groups is 3. The highest BCUT2D eigenvalue weighted by Gasteiger charge is 2.53. The number of carbonyl (C=O) groups excluding carboxylic acids is 2. The average Bonchev–Trinajstić information content (AvgIpc) is 2.59. The van der Waals surface area contributed by atoms with Crippen molar-refractivity contribution >= 4 is 29.4 Å². The minimum Gasteiger partial charge on any atom is -0.477 e. The Kier molecular flexibility index (Phi) is 4.29. The van der Waals surface area contributed by atoms with Gasteiger partial charge in [0.15, 0.2) is 0 Å². The van der Waals surface area contributed by atoms with Gasteiger partial charge in [0, 0.05) is 5.03 Å². The fourth-order valence-electron chi connectivity index (χ4n) is 3.07. The normalized spacial score (nSPS) is 24.1. The number of carboxylic acids is 1. The summed E-state index contributed by atoms with van der Waals surface area (Å²) in [4.78, 5) is 37.0. The molecule has 126 valence electrons. The molecule has 0 radical (unpaired) electrons. The molecule has 1 aromatic carbocycles. The number of aliphatic carboxylic acids is 1. The van der Waals surface area contributed by atoms with E-state index in [-0.39, 0.29) is 10.7 Å². The van der Waals surface area contributed by atoms with E-state index in [1.807, 2.05) is 6.07 Å². The van der Waals surface area contributed by atoms with Gasteiger partial charge in [0.05, 0.1) is 6.04 Å². The maximum atomic E-state index is 12.3. The lowest BCUT2D eigenvalue weighted by atomic mass is 9.86. The molecule has 1 fully saturated rings. The van der Waals surface area contributed by atoms with Gasteiger partial charge in [-0.3, -0.25) is 14.5 Å². The molecule has 2 amide bonds. The largest absolute Gasteiger partial charge is 0.477 e. The Morgan fingerprint density at radius 1 is 1.33 bits per heavy atom. The highest BCUT2D eigenvalue weighted by molar-refractivity contribution is 6.32. The first-order chi connectivity index (χ1) is 11.4. The number of nitrogens with two attached hydrogens (primary N) is 1. The highest BCUT2D eigenvalue weighted by atomic mass is 35.5. The van der Waals surface area contributed by atoms with Gasteiger partial charge in [0.2, 0.25) is 5.91 Å². The summed E-state index contributed by atoms with van der Waals surface area (Å²) in [7, 11) is 0. The lowest BCUT2D eigenvalue weighted by molar-refractivity contribution is -0.156. The molecule has 0 bridgehead atoms. The number of nitrogens with zero attached hydrogens (tertiary/aromatic N) is 1. The third-order valence-corrected chi connectivity index (χ3v) is 4.69. The molecule has 0 saturated carbocycles. The van der Waals surface area contributed by atoms with Crippen LogP contribution in [0.15, 0.2) is 41.1 Å². The van der Waals surface area contributed by atoms with E-state index in [1.54, 1.807) is 24.3 Å². The summed E-state index contributed by atoms with van der Waals surface area (Å²) in [5.41, 5.74) is 6.35. The second kappa shape index (κ2) is 6.26. The summed E-state index contributed by atoms with van der Waals surface area (Å²) in [5, 5.41) is 12.0. The van der Waals surface area contributed by atoms with Crippen LogP contribution in [0.1, 0.15) is 24.4 Å². The van der Waals surface area contributed by atoms with Crippen molar-refractivity contribution in [3.8, 4) is 0 Å². The number of nitrogens with one attached hydrogen (secondary N) is 1. The number of rotatable bonds is 4. The molecule has 24 heavy (non-hydrogen) atoms. The molecule has 0 aromatic heterocycles. The van der Waals surface area contributed by atoms with Crippen LogP contribution in [-0.2, 0) is 14.4 Å². The Morgan fingerprint density at radius 2 is 2.00 bits per heavy atom. The second-order valence-corrected chi connectivity index (χ2v) is 6.20. The van der Waals surface area contributed by atoms with Gasteiger partial charge in [-0.1, -0.05) is 41.9 Å². The maximum Gasteiger partial charge on any atom is 0.353 e. The van der Waals surface area contributed by atoms with Crippen molar-refractivity contribution in [3.63, 3.8) is 0 Å². The van der Waals surface area contributed by atoms with Crippen LogP contribution in [0, 0.1) is 0 Å². The zero-order chi connectivity index (χ0) is 17.4. The molecule has 1 saturated heterocycles. The van der Waals surface area contributed by atoms with Gasteiger partial charge in [0.25, 0.3) is 5.91 Å². The van der Waals surface area contributed by atoms with Crippen LogP contribution in [0.5, 0.6) is 0 Å². The van der Waals surface area contributed by atoms with Crippen LogP contribution >= 0.6 is 11.6 Å². The van der Waals surface area contributed by atoms with E-state index in [9.17, 15) is 19.5 Å². The van der Waals surface area contributed by atoms with Crippen molar-refractivity contribution < 1.29 is 19.5 Å². The van der Waals surface area contributed by atoms with Gasteiger partial charge >= 0.3 is 5.97 Å². The van der Waals surface area contributed by atoms with E-state index >= 15 is 0 Å². The fraction of sp³-hybridized carbons (Fsp3) is 0.312. The molecule has 2 aliphatic rings. The topological polar surface area (TPSA) is 113 Å². The third-order valence-electron chi connectivity index (χ3n) is 4.32. The standard InChI is InChI=1S/C16H16ClN3O4/c17-9-6-7-10-12(15(22)20(10)13(9)16(23)24)19-14(21)11(18)8-4-2-1-3-5-8/h1-5,10-12H,6-7,18H2,(H,19,21)(H,23,24)/t10?,11-,12+/m1/s1. The number of hydrogen-bond donors (Lipinski definition) is 3. The number of carboxylic acid groups (broad SMARTS) is 1. The van der Waals surface area contributed by atoms with E-state index in [1.165, 1.54) is 0 Å². The van der Waals surface area contributed by atoms with Crippen LogP contribution in [0.3, 0.4) is 0 Å². The fourth-order valence-corrected chi connectivity index (χ4v) is 3.35. The molecule has 1 unspecified atom stereocenters. The molecule has 7 nitrogen and oxygen atoms in total. The number of hydrogen-bond acceptors (Lipinski definition) is 4. The van der Waals surface area contributed by atoms with Crippen molar-refractivity contribution in [2.24, 2.45) is 5.73 Å². The molecular weight excluding hydrogens is 334 g/mol. The number of β-lactam (4-membered cyclic amide) rings is 1. The number of fused-ring (bicyclic) bond motifs is 1. The van der Waals surface area contributed by atoms with Gasteiger partial charge in [-0.25, -0.2) is 4.79 Å². The molecule has 4 N–H and O–H groups in total. The van der Waals surface area contributed by atoms with Gasteiger partial charge in [-0.2, -0.15) is 0 Å². The molecule has 3 atom stereocenters. The summed E-state index contributed by atoms with van der Waals surface area (Å²) in [6, 6.07) is 6.74. The smallest absolute Gasteiger partial charge is 0.353 e. The quantitative estimate of drug-likeness (QED) is 0.693. The van der Waals surface area contributed by atoms with Crippen molar-refractivity contribution in [2.75, 3.05) is 0 Å². The lowest BCUT2D eigenvalue weighted by Crippen LogP contribution is -2.72. The van der Waals surface area contributed by atoms with Gasteiger partial charge in [-0.05, 0) is 18.4 Å². The first kappa shape index (κ1) is 16.5. The van der Waals surface area contributed by atoms with Gasteiger partial charge < -0.3 is 16.2 Å². The summed E-state index contributed by atoms with van der Waals surface area (Å²) < 4.78 is 0. The van der Waals surface area contributed by atoms with Crippen LogP contribution in [0.2, 0.25) is 0 Å². The Hall–Kier alpha value is -2.38. The highest BCUT2D eigenvalue weighted by Crippen LogP contribution is 2.38. The van der Waals surface area contributed by atoms with Crippen molar-refractivity contribution in [1.29, 1.82) is 0 Å². The molecule has 0 spiro atoms. The molecular formula is C16H16ClN3O4. The first-order valence-electron chi connectivity index (χ1n) is 7.47. The van der Waals surface area contributed by atoms with E-state index in [0.717, 1.165) is 4.90 Å². The zero-order valence-corrected chi connectivity index (χ0v) is 13.4. The molecule has 3 rings (SSSR count). The molecule has 0 aliphatic carbocycles. The second-order valence-electron chi connectivity index (χ2n) is 5.75. The van der Waals surface area contributed by atoms with Crippen molar-refractivity contribution in [3.05, 3.63) is 46.6 Å². The van der Waals surface area contributed by atoms with Gasteiger partial charge in [-0.15, -0.1) is 0 Å². The number of amides is 2. The van der Waals surface area contributed by atoms with Gasteiger partial charge in [0.1, 0.15) is 17.8 Å². The van der Waals surface area contributed by atoms with Crippen molar-refractivity contribution in [2.45, 2.75) is 31.0 Å². The van der Waals surface area contributed by atoms with Crippen molar-refractivity contribution in [1.82, 2.24) is 10.2 Å². The minimum atomic E-state index is -1.25. The SMILES string of the molecule is N[C@@H](C(=O)N[C@@H]1C(=O)N2C(C(=O)O)=C(Cl)CCC12)c1ccccc1. The summed E-state index contributed by atoms with van der Waals surface area (Å²) >= 11 is 5.92. The summed E-state index contributed by atoms with van der Waals surface area (Å²) in [6.45, 7) is 0. The van der Waals surface area contributed by atoms with E-state index in [2.05, 4.69) is 5.32 Å². The Balaban J connectivity index is 1.71. The van der Waals surface area contributed by atoms with Crippen LogP contribution < -0.4 is 11.1 Å². The summed E-state index contributed by atoms with van der Waals surface area (Å²) in [6.07, 6.45) is 0.849. The third kappa shape index (κ3) is 2.65. The Bertz CT molecular complexity index is 734. The number of allylic oxidation sites excluding steroid dienone is 1. The zero-order valence-electron chi connectivity index (χ0n) is 12.6. The average molecular weight is 350 g/mol. The van der Waals surface area contributed by atoms with Crippen LogP contribution in [-0.4, -0.2) is 39.9 Å². The lowest BCUT2D eigenvalue weighted by Gasteiger charge is -2.49. The maximum absolute atomic E-state index is 12.3. The summed E-state index contributed by atoms with van der Waals surface area (Å²) in [5.74, 6) is -2.20. The molecule has 2 aliphatic heterocycles. The Morgan fingerprint density at radius 3 is 2.62 bits per heavy atom. The first-order valence-corrected chi connectivity index (χ1v) is 7.85. The monoisotopic (exact) mass is 349 g/mol. The van der Waals surface area contributed by atoms with Crippen LogP contribution in [0.4, 0.5) is 0 Å². The Labute approximate surface area is 143 Å². The predicted octanol–water partition coefficient (Wildman–Crippen LogP) is 0.711. The number of benzene rings is 1. The van der Waals surface area contributed by atoms with E-state index < -0.39 is 35.9 Å². The van der Waals surface area contributed by atoms with E-state index in [0.29, 0.717) is 18.4 Å². The molecule has 8 heteroatoms. The molecule has 1 aromatic rings. The predicted molar refractivity (Wildman–Crippen MR) is 85.7 cm³/mol. The minimum absolute atomic E-state index is 0.151.